The zero-order valence-corrected chi connectivity index (χ0v) is 13.2. The van der Waals surface area contributed by atoms with Crippen molar-refractivity contribution in [2.24, 2.45) is 5.92 Å². The number of benzene rings is 1. The molecule has 1 atom stereocenters. The zero-order valence-electron chi connectivity index (χ0n) is 11.6. The van der Waals surface area contributed by atoms with E-state index in [0.29, 0.717) is 12.0 Å². The number of aryl methyl sites for hydroxylation is 2. The van der Waals surface area contributed by atoms with Crippen LogP contribution < -0.4 is 4.72 Å². The average Bonchev–Trinajstić information content (AvgIpc) is 2.70. The van der Waals surface area contributed by atoms with E-state index in [0.717, 1.165) is 5.56 Å². The van der Waals surface area contributed by atoms with Crippen molar-refractivity contribution in [3.05, 3.63) is 29.3 Å². The molecular formula is C13H19NO4S2. The van der Waals surface area contributed by atoms with Crippen molar-refractivity contribution in [2.45, 2.75) is 25.2 Å². The minimum atomic E-state index is -3.58. The first-order chi connectivity index (χ1) is 9.20. The van der Waals surface area contributed by atoms with Gasteiger partial charge in [0, 0.05) is 6.54 Å². The van der Waals surface area contributed by atoms with Crippen molar-refractivity contribution in [1.82, 2.24) is 4.72 Å². The molecule has 1 N–H and O–H groups in total. The highest BCUT2D eigenvalue weighted by Gasteiger charge is 2.29. The standard InChI is InChI=1S/C13H19NO4S2/c1-10-3-4-11(2)13(7-10)20(17,18)14-8-12-5-6-19(15,16)9-12/h3-4,7,12,14H,5-6,8-9H2,1-2H3/t12-/m1/s1. The molecule has 0 radical (unpaired) electrons. The lowest BCUT2D eigenvalue weighted by molar-refractivity contribution is 0.543. The van der Waals surface area contributed by atoms with Crippen LogP contribution >= 0.6 is 0 Å². The van der Waals surface area contributed by atoms with Gasteiger partial charge < -0.3 is 0 Å². The summed E-state index contributed by atoms with van der Waals surface area (Å²) in [4.78, 5) is 0.262. The summed E-state index contributed by atoms with van der Waals surface area (Å²) in [6.45, 7) is 3.75. The van der Waals surface area contributed by atoms with E-state index in [1.807, 2.05) is 13.0 Å². The van der Waals surface area contributed by atoms with E-state index >= 15 is 0 Å². The molecular weight excluding hydrogens is 298 g/mol. The highest BCUT2D eigenvalue weighted by Crippen LogP contribution is 2.20. The molecule has 1 aliphatic rings. The topological polar surface area (TPSA) is 80.3 Å². The van der Waals surface area contributed by atoms with Crippen molar-refractivity contribution >= 4 is 19.9 Å². The molecule has 2 rings (SSSR count). The summed E-state index contributed by atoms with van der Waals surface area (Å²) < 4.78 is 49.8. The molecule has 1 heterocycles. The lowest BCUT2D eigenvalue weighted by Gasteiger charge is -2.12. The predicted molar refractivity (Wildman–Crippen MR) is 77.9 cm³/mol. The molecule has 0 saturated carbocycles. The minimum Gasteiger partial charge on any atom is -0.229 e. The third-order valence-corrected chi connectivity index (χ3v) is 6.92. The molecule has 1 aliphatic heterocycles. The average molecular weight is 317 g/mol. The molecule has 0 aliphatic carbocycles. The summed E-state index contributed by atoms with van der Waals surface area (Å²) in [5.41, 5.74) is 1.56. The van der Waals surface area contributed by atoms with E-state index in [1.165, 1.54) is 0 Å². The molecule has 0 spiro atoms. The number of nitrogens with one attached hydrogen (secondary N) is 1. The highest BCUT2D eigenvalue weighted by molar-refractivity contribution is 7.91. The molecule has 0 aromatic heterocycles. The molecule has 0 amide bonds. The quantitative estimate of drug-likeness (QED) is 0.899. The first kappa shape index (κ1) is 15.5. The van der Waals surface area contributed by atoms with Crippen molar-refractivity contribution in [3.8, 4) is 0 Å². The highest BCUT2D eigenvalue weighted by atomic mass is 32.2. The lowest BCUT2D eigenvalue weighted by Crippen LogP contribution is -2.30. The van der Waals surface area contributed by atoms with E-state index in [1.54, 1.807) is 19.1 Å². The maximum Gasteiger partial charge on any atom is 0.240 e. The van der Waals surface area contributed by atoms with Crippen LogP contribution in [-0.4, -0.2) is 34.9 Å². The van der Waals surface area contributed by atoms with Gasteiger partial charge >= 0.3 is 0 Å². The van der Waals surface area contributed by atoms with E-state index < -0.39 is 19.9 Å². The van der Waals surface area contributed by atoms with Crippen molar-refractivity contribution in [2.75, 3.05) is 18.1 Å². The smallest absolute Gasteiger partial charge is 0.229 e. The van der Waals surface area contributed by atoms with Crippen molar-refractivity contribution in [1.29, 1.82) is 0 Å². The third kappa shape index (κ3) is 3.59. The number of hydrogen-bond acceptors (Lipinski definition) is 4. The van der Waals surface area contributed by atoms with Gasteiger partial charge in [-0.05, 0) is 43.4 Å². The van der Waals surface area contributed by atoms with Crippen molar-refractivity contribution in [3.63, 3.8) is 0 Å². The maximum absolute atomic E-state index is 12.3. The monoisotopic (exact) mass is 317 g/mol. The van der Waals surface area contributed by atoms with Gasteiger partial charge in [-0.1, -0.05) is 12.1 Å². The van der Waals surface area contributed by atoms with E-state index in [-0.39, 0.29) is 28.9 Å². The fourth-order valence-corrected chi connectivity index (χ4v) is 5.64. The molecule has 112 valence electrons. The van der Waals surface area contributed by atoms with Gasteiger partial charge in [0.1, 0.15) is 0 Å². The van der Waals surface area contributed by atoms with Crippen LogP contribution in [0.1, 0.15) is 17.5 Å². The Kier molecular flexibility index (Phi) is 4.22. The Morgan fingerprint density at radius 2 is 2.00 bits per heavy atom. The maximum atomic E-state index is 12.3. The fourth-order valence-electron chi connectivity index (χ4n) is 2.34. The van der Waals surface area contributed by atoms with Gasteiger partial charge in [-0.25, -0.2) is 21.6 Å². The van der Waals surface area contributed by atoms with Crippen LogP contribution in [0.15, 0.2) is 23.1 Å². The van der Waals surface area contributed by atoms with Crippen LogP contribution in [-0.2, 0) is 19.9 Å². The van der Waals surface area contributed by atoms with Crippen LogP contribution in [0.2, 0.25) is 0 Å². The summed E-state index contributed by atoms with van der Waals surface area (Å²) in [5.74, 6) is 0.102. The van der Waals surface area contributed by atoms with Gasteiger partial charge in [0.05, 0.1) is 16.4 Å². The number of sulfonamides is 1. The first-order valence-corrected chi connectivity index (χ1v) is 9.77. The molecule has 1 saturated heterocycles. The molecule has 20 heavy (non-hydrogen) atoms. The van der Waals surface area contributed by atoms with Crippen molar-refractivity contribution < 1.29 is 16.8 Å². The second-order valence-electron chi connectivity index (χ2n) is 5.39. The summed E-state index contributed by atoms with van der Waals surface area (Å²) in [6.07, 6.45) is 0.525. The molecule has 1 fully saturated rings. The Morgan fingerprint density at radius 1 is 1.30 bits per heavy atom. The van der Waals surface area contributed by atoms with Crippen LogP contribution in [0.4, 0.5) is 0 Å². The van der Waals surface area contributed by atoms with E-state index in [4.69, 9.17) is 0 Å². The Morgan fingerprint density at radius 3 is 2.60 bits per heavy atom. The second-order valence-corrected chi connectivity index (χ2v) is 9.35. The van der Waals surface area contributed by atoms with Gasteiger partial charge in [0.25, 0.3) is 0 Å². The summed E-state index contributed by atoms with van der Waals surface area (Å²) in [6, 6.07) is 5.25. The van der Waals surface area contributed by atoms with E-state index in [9.17, 15) is 16.8 Å². The van der Waals surface area contributed by atoms with Gasteiger partial charge in [-0.15, -0.1) is 0 Å². The van der Waals surface area contributed by atoms with Gasteiger partial charge in [0.15, 0.2) is 9.84 Å². The Hall–Kier alpha value is -0.920. The second kappa shape index (κ2) is 5.46. The molecule has 0 bridgehead atoms. The number of sulfone groups is 1. The Bertz CT molecular complexity index is 708. The molecule has 0 unspecified atom stereocenters. The minimum absolute atomic E-state index is 0.0717. The van der Waals surface area contributed by atoms with E-state index in [2.05, 4.69) is 4.72 Å². The van der Waals surface area contributed by atoms with Gasteiger partial charge in [-0.2, -0.15) is 0 Å². The fraction of sp³-hybridized carbons (Fsp3) is 0.538. The summed E-state index contributed by atoms with van der Waals surface area (Å²) >= 11 is 0. The van der Waals surface area contributed by atoms with Gasteiger partial charge in [0.2, 0.25) is 10.0 Å². The molecule has 1 aromatic carbocycles. The number of hydrogen-bond donors (Lipinski definition) is 1. The first-order valence-electron chi connectivity index (χ1n) is 6.47. The molecule has 5 nitrogen and oxygen atoms in total. The number of rotatable bonds is 4. The summed E-state index contributed by atoms with van der Waals surface area (Å²) in [7, 11) is -6.56. The Labute approximate surface area is 120 Å². The predicted octanol–water partition coefficient (Wildman–Crippen LogP) is 1.02. The van der Waals surface area contributed by atoms with Crippen LogP contribution in [0.5, 0.6) is 0 Å². The SMILES string of the molecule is Cc1ccc(C)c(S(=O)(=O)NC[C@H]2CCS(=O)(=O)C2)c1. The van der Waals surface area contributed by atoms with Crippen LogP contribution in [0, 0.1) is 19.8 Å². The Balaban J connectivity index is 2.10. The van der Waals surface area contributed by atoms with Crippen LogP contribution in [0.3, 0.4) is 0 Å². The third-order valence-electron chi connectivity index (χ3n) is 3.52. The molecule has 1 aromatic rings. The lowest BCUT2D eigenvalue weighted by atomic mass is 10.1. The summed E-state index contributed by atoms with van der Waals surface area (Å²) in [5, 5.41) is 0. The van der Waals surface area contributed by atoms with Gasteiger partial charge in [-0.3, -0.25) is 0 Å². The zero-order chi connectivity index (χ0) is 15.0. The largest absolute Gasteiger partial charge is 0.240 e. The van der Waals surface area contributed by atoms with Crippen LogP contribution in [0.25, 0.3) is 0 Å². The normalized spacial score (nSPS) is 22.0. The molecule has 7 heteroatoms.